The van der Waals surface area contributed by atoms with E-state index in [1.165, 1.54) is 0 Å². The summed E-state index contributed by atoms with van der Waals surface area (Å²) >= 11 is 0. The van der Waals surface area contributed by atoms with Crippen LogP contribution < -0.4 is 10.6 Å². The average Bonchev–Trinajstić information content (AvgIpc) is 3.32. The standard InChI is InChI=1S/C22H26N8O/c1-13(31)27-22(2)8-6-15(7-9-22)25-21-24-12-17-16(11-23-20(17)26-21)14-4-5-18-19(10-14)30(3)29-28-18/h4-5,10-12,15H,6-9H2,1-3H3,(H,27,31)(H2,23,24,25,26)/t15-,22-. The van der Waals surface area contributed by atoms with Crippen LogP contribution in [0.3, 0.4) is 0 Å². The molecule has 1 aliphatic carbocycles. The number of nitrogens with zero attached hydrogens (tertiary/aromatic N) is 5. The molecule has 0 aliphatic heterocycles. The molecule has 3 N–H and O–H groups in total. The van der Waals surface area contributed by atoms with Gasteiger partial charge in [-0.1, -0.05) is 11.3 Å². The first-order valence-electron chi connectivity index (χ1n) is 10.6. The second-order valence-corrected chi connectivity index (χ2v) is 8.74. The van der Waals surface area contributed by atoms with Gasteiger partial charge in [0, 0.05) is 48.9 Å². The van der Waals surface area contributed by atoms with Crippen LogP contribution in [-0.2, 0) is 11.8 Å². The predicted molar refractivity (Wildman–Crippen MR) is 119 cm³/mol. The Labute approximate surface area is 179 Å². The zero-order valence-electron chi connectivity index (χ0n) is 17.9. The molecule has 9 nitrogen and oxygen atoms in total. The van der Waals surface area contributed by atoms with Gasteiger partial charge in [-0.2, -0.15) is 4.98 Å². The summed E-state index contributed by atoms with van der Waals surface area (Å²) in [6.45, 7) is 3.70. The number of H-pyrrole nitrogens is 1. The maximum Gasteiger partial charge on any atom is 0.224 e. The number of aromatic nitrogens is 6. The Bertz CT molecular complexity index is 1270. The van der Waals surface area contributed by atoms with Crippen molar-refractivity contribution in [2.45, 2.75) is 51.1 Å². The molecule has 0 bridgehead atoms. The Kier molecular flexibility index (Phi) is 4.60. The highest BCUT2D eigenvalue weighted by atomic mass is 16.1. The van der Waals surface area contributed by atoms with Crippen molar-refractivity contribution in [3.05, 3.63) is 30.6 Å². The maximum absolute atomic E-state index is 11.4. The van der Waals surface area contributed by atoms with Gasteiger partial charge in [-0.05, 0) is 50.3 Å². The highest BCUT2D eigenvalue weighted by Crippen LogP contribution is 2.31. The van der Waals surface area contributed by atoms with Crippen LogP contribution in [0.25, 0.3) is 33.2 Å². The lowest BCUT2D eigenvalue weighted by Gasteiger charge is -2.38. The van der Waals surface area contributed by atoms with Crippen molar-refractivity contribution in [1.82, 2.24) is 35.3 Å². The van der Waals surface area contributed by atoms with E-state index in [-0.39, 0.29) is 11.4 Å². The summed E-state index contributed by atoms with van der Waals surface area (Å²) < 4.78 is 1.77. The number of aryl methyl sites for hydroxylation is 1. The number of nitrogens with one attached hydrogen (secondary N) is 3. The van der Waals surface area contributed by atoms with Crippen LogP contribution >= 0.6 is 0 Å². The minimum Gasteiger partial charge on any atom is -0.351 e. The van der Waals surface area contributed by atoms with E-state index < -0.39 is 0 Å². The fourth-order valence-corrected chi connectivity index (χ4v) is 4.55. The number of hydrogen-bond acceptors (Lipinski definition) is 6. The quantitative estimate of drug-likeness (QED) is 0.469. The van der Waals surface area contributed by atoms with Gasteiger partial charge in [0.1, 0.15) is 11.2 Å². The Morgan fingerprint density at radius 2 is 2.10 bits per heavy atom. The summed E-state index contributed by atoms with van der Waals surface area (Å²) in [6.07, 6.45) is 7.63. The van der Waals surface area contributed by atoms with Crippen LogP contribution in [0.1, 0.15) is 39.5 Å². The van der Waals surface area contributed by atoms with E-state index in [0.29, 0.717) is 12.0 Å². The monoisotopic (exact) mass is 418 g/mol. The third-order valence-corrected chi connectivity index (χ3v) is 6.25. The van der Waals surface area contributed by atoms with Crippen molar-refractivity contribution in [2.75, 3.05) is 5.32 Å². The molecule has 0 spiro atoms. The van der Waals surface area contributed by atoms with E-state index in [0.717, 1.165) is 58.9 Å². The second-order valence-electron chi connectivity index (χ2n) is 8.74. The summed E-state index contributed by atoms with van der Waals surface area (Å²) in [5.41, 5.74) is 4.65. The Balaban J connectivity index is 1.34. The van der Waals surface area contributed by atoms with Crippen molar-refractivity contribution >= 4 is 33.9 Å². The third-order valence-electron chi connectivity index (χ3n) is 6.25. The van der Waals surface area contributed by atoms with Crippen LogP contribution in [0.2, 0.25) is 0 Å². The molecular formula is C22H26N8O. The molecule has 9 heteroatoms. The number of carbonyl (C=O) groups is 1. The van der Waals surface area contributed by atoms with Crippen LogP contribution in [0.4, 0.5) is 5.95 Å². The molecule has 4 aromatic rings. The first kappa shape index (κ1) is 19.5. The number of fused-ring (bicyclic) bond motifs is 2. The van der Waals surface area contributed by atoms with Crippen LogP contribution in [-0.4, -0.2) is 47.4 Å². The highest BCUT2D eigenvalue weighted by molar-refractivity contribution is 5.95. The molecule has 0 atom stereocenters. The second kappa shape index (κ2) is 7.33. The number of hydrogen-bond donors (Lipinski definition) is 3. The van der Waals surface area contributed by atoms with Gasteiger partial charge in [0.2, 0.25) is 11.9 Å². The fourth-order valence-electron chi connectivity index (χ4n) is 4.55. The maximum atomic E-state index is 11.4. The Morgan fingerprint density at radius 3 is 2.87 bits per heavy atom. The van der Waals surface area contributed by atoms with Crippen LogP contribution in [0.15, 0.2) is 30.6 Å². The minimum absolute atomic E-state index is 0.0315. The third kappa shape index (κ3) is 3.71. The summed E-state index contributed by atoms with van der Waals surface area (Å²) in [7, 11) is 1.89. The number of rotatable bonds is 4. The van der Waals surface area contributed by atoms with Crippen molar-refractivity contribution < 1.29 is 4.79 Å². The van der Waals surface area contributed by atoms with Crippen molar-refractivity contribution in [1.29, 1.82) is 0 Å². The summed E-state index contributed by atoms with van der Waals surface area (Å²) in [5.74, 6) is 0.657. The summed E-state index contributed by atoms with van der Waals surface area (Å²) in [6, 6.07) is 6.40. The van der Waals surface area contributed by atoms with Crippen molar-refractivity contribution in [3.8, 4) is 11.1 Å². The molecule has 0 radical (unpaired) electrons. The molecule has 1 saturated carbocycles. The molecule has 5 rings (SSSR count). The lowest BCUT2D eigenvalue weighted by Crippen LogP contribution is -2.49. The van der Waals surface area contributed by atoms with Crippen molar-refractivity contribution in [3.63, 3.8) is 0 Å². The zero-order valence-corrected chi connectivity index (χ0v) is 17.9. The van der Waals surface area contributed by atoms with Gasteiger partial charge in [0.15, 0.2) is 0 Å². The fraction of sp³-hybridized carbons (Fsp3) is 0.409. The predicted octanol–water partition coefficient (Wildman–Crippen LogP) is 3.16. The first-order valence-corrected chi connectivity index (χ1v) is 10.6. The average molecular weight is 419 g/mol. The first-order chi connectivity index (χ1) is 14.9. The molecule has 1 aliphatic rings. The smallest absolute Gasteiger partial charge is 0.224 e. The number of carbonyl (C=O) groups excluding carboxylic acids is 1. The van der Waals surface area contributed by atoms with E-state index in [9.17, 15) is 4.79 Å². The number of anilines is 1. The molecule has 31 heavy (non-hydrogen) atoms. The largest absolute Gasteiger partial charge is 0.351 e. The molecule has 0 saturated heterocycles. The molecule has 1 fully saturated rings. The van der Waals surface area contributed by atoms with E-state index in [4.69, 9.17) is 4.98 Å². The van der Waals surface area contributed by atoms with Gasteiger partial charge in [-0.25, -0.2) is 9.67 Å². The van der Waals surface area contributed by atoms with Gasteiger partial charge in [-0.15, -0.1) is 5.10 Å². The Morgan fingerprint density at radius 1 is 1.29 bits per heavy atom. The number of aromatic amines is 1. The number of amides is 1. The van der Waals surface area contributed by atoms with Crippen molar-refractivity contribution in [2.24, 2.45) is 7.05 Å². The molecule has 0 unspecified atom stereocenters. The molecule has 1 aromatic carbocycles. The normalized spacial score (nSPS) is 21.5. The SMILES string of the molecule is CC(=O)N[C@]1(C)CC[C@@H](Nc2ncc3c(-c4ccc5nnn(C)c5c4)c[nH]c3n2)CC1. The lowest BCUT2D eigenvalue weighted by atomic mass is 9.81. The van der Waals surface area contributed by atoms with Crippen LogP contribution in [0, 0.1) is 0 Å². The van der Waals surface area contributed by atoms with Gasteiger partial charge in [0.05, 0.1) is 5.52 Å². The van der Waals surface area contributed by atoms with E-state index >= 15 is 0 Å². The van der Waals surface area contributed by atoms with Gasteiger partial charge in [-0.3, -0.25) is 4.79 Å². The van der Waals surface area contributed by atoms with Gasteiger partial charge in [0.25, 0.3) is 0 Å². The highest BCUT2D eigenvalue weighted by Gasteiger charge is 2.31. The van der Waals surface area contributed by atoms with E-state index in [1.54, 1.807) is 11.6 Å². The molecule has 3 heterocycles. The van der Waals surface area contributed by atoms with E-state index in [2.05, 4.69) is 43.9 Å². The van der Waals surface area contributed by atoms with Crippen LogP contribution in [0.5, 0.6) is 0 Å². The topological polar surface area (TPSA) is 113 Å². The Hall–Kier alpha value is -3.49. The molecular weight excluding hydrogens is 392 g/mol. The van der Waals surface area contributed by atoms with E-state index in [1.807, 2.05) is 31.6 Å². The zero-order chi connectivity index (χ0) is 21.6. The molecule has 1 amide bonds. The summed E-state index contributed by atoms with van der Waals surface area (Å²) in [5, 5.41) is 15.7. The minimum atomic E-state index is -0.117. The van der Waals surface area contributed by atoms with Gasteiger partial charge < -0.3 is 15.6 Å². The number of benzene rings is 1. The molecule has 160 valence electrons. The lowest BCUT2D eigenvalue weighted by molar-refractivity contribution is -0.121. The summed E-state index contributed by atoms with van der Waals surface area (Å²) in [4.78, 5) is 24.0. The molecule has 3 aromatic heterocycles. The van der Waals surface area contributed by atoms with Gasteiger partial charge >= 0.3 is 0 Å².